The topological polar surface area (TPSA) is 59.5 Å². The molecule has 0 aliphatic carbocycles. The van der Waals surface area contributed by atoms with Gasteiger partial charge >= 0.3 is 0 Å². The number of nitrogens with zero attached hydrogens (tertiary/aromatic N) is 2. The highest BCUT2D eigenvalue weighted by atomic mass is 35.5. The van der Waals surface area contributed by atoms with E-state index < -0.39 is 10.0 Å². The molecule has 112 valence electrons. The second-order valence-electron chi connectivity index (χ2n) is 4.63. The molecule has 0 bridgehead atoms. The van der Waals surface area contributed by atoms with E-state index in [-0.39, 0.29) is 10.3 Å². The first-order valence-corrected chi connectivity index (χ1v) is 9.01. The van der Waals surface area contributed by atoms with E-state index in [4.69, 9.17) is 16.3 Å². The summed E-state index contributed by atoms with van der Waals surface area (Å²) in [5.41, 5.74) is 0. The fourth-order valence-electron chi connectivity index (χ4n) is 2.19. The summed E-state index contributed by atoms with van der Waals surface area (Å²) in [6.07, 6.45) is 3.82. The summed E-state index contributed by atoms with van der Waals surface area (Å²) in [6, 6.07) is 6.66. The molecule has 1 saturated heterocycles. The molecule has 0 N–H and O–H groups in total. The number of halogens is 1. The molecule has 1 aliphatic rings. The Morgan fingerprint density at radius 3 is 2.71 bits per heavy atom. The predicted octanol–water partition coefficient (Wildman–Crippen LogP) is 2.64. The maximum Gasteiger partial charge on any atom is 0.252 e. The Hall–Kier alpha value is -1.15. The van der Waals surface area contributed by atoms with E-state index in [0.717, 1.165) is 11.3 Å². The minimum Gasteiger partial charge on any atom is -0.489 e. The number of ether oxygens (including phenoxy) is 1. The second-order valence-corrected chi connectivity index (χ2v) is 8.51. The van der Waals surface area contributed by atoms with Crippen molar-refractivity contribution in [1.29, 1.82) is 0 Å². The van der Waals surface area contributed by atoms with E-state index in [2.05, 4.69) is 4.98 Å². The first-order valence-electron chi connectivity index (χ1n) is 6.38. The van der Waals surface area contributed by atoms with Crippen molar-refractivity contribution in [3.63, 3.8) is 0 Å². The lowest BCUT2D eigenvalue weighted by molar-refractivity contribution is 0.215. The summed E-state index contributed by atoms with van der Waals surface area (Å²) in [6.45, 7) is 0.799. The van der Waals surface area contributed by atoms with Crippen LogP contribution >= 0.6 is 22.9 Å². The highest BCUT2D eigenvalue weighted by Crippen LogP contribution is 2.30. The van der Waals surface area contributed by atoms with Gasteiger partial charge in [-0.3, -0.25) is 4.98 Å². The van der Waals surface area contributed by atoms with E-state index in [9.17, 15) is 8.42 Å². The standard InChI is InChI=1S/C13H13ClN2O3S2/c14-12-1-2-13(20-12)21(17,18)16-8-5-11(9-16)19-10-3-6-15-7-4-10/h1-4,6-7,11H,5,8-9H2. The maximum absolute atomic E-state index is 12.5. The van der Waals surface area contributed by atoms with Gasteiger partial charge in [0.2, 0.25) is 0 Å². The molecule has 0 spiro atoms. The smallest absolute Gasteiger partial charge is 0.252 e. The highest BCUT2D eigenvalue weighted by molar-refractivity contribution is 7.91. The number of sulfonamides is 1. The van der Waals surface area contributed by atoms with Gasteiger partial charge in [-0.15, -0.1) is 11.3 Å². The van der Waals surface area contributed by atoms with Gasteiger partial charge in [0.05, 0.1) is 10.9 Å². The Balaban J connectivity index is 1.69. The summed E-state index contributed by atoms with van der Waals surface area (Å²) in [7, 11) is -3.47. The number of thiophene rings is 1. The van der Waals surface area contributed by atoms with Crippen LogP contribution in [0, 0.1) is 0 Å². The first-order chi connectivity index (χ1) is 10.1. The van der Waals surface area contributed by atoms with Gasteiger partial charge in [0.1, 0.15) is 16.1 Å². The van der Waals surface area contributed by atoms with Gasteiger partial charge in [-0.05, 0) is 30.7 Å². The van der Waals surface area contributed by atoms with E-state index in [1.54, 1.807) is 36.7 Å². The van der Waals surface area contributed by atoms with Crippen molar-refractivity contribution in [2.45, 2.75) is 16.7 Å². The summed E-state index contributed by atoms with van der Waals surface area (Å²) >= 11 is 6.89. The molecule has 3 rings (SSSR count). The van der Waals surface area contributed by atoms with Crippen molar-refractivity contribution in [2.24, 2.45) is 0 Å². The average molecular weight is 345 g/mol. The quantitative estimate of drug-likeness (QED) is 0.855. The van der Waals surface area contributed by atoms with Crippen LogP contribution in [0.3, 0.4) is 0 Å². The van der Waals surface area contributed by atoms with Crippen LogP contribution in [-0.2, 0) is 10.0 Å². The molecule has 0 radical (unpaired) electrons. The summed E-state index contributed by atoms with van der Waals surface area (Å²) in [5, 5.41) is 0. The molecule has 2 aromatic heterocycles. The molecule has 1 aliphatic heterocycles. The lowest BCUT2D eigenvalue weighted by Crippen LogP contribution is -2.30. The Morgan fingerprint density at radius 2 is 2.05 bits per heavy atom. The van der Waals surface area contributed by atoms with Gasteiger partial charge in [-0.2, -0.15) is 4.31 Å². The normalized spacial score (nSPS) is 19.8. The molecule has 5 nitrogen and oxygen atoms in total. The zero-order valence-corrected chi connectivity index (χ0v) is 13.4. The van der Waals surface area contributed by atoms with E-state index in [1.807, 2.05) is 0 Å². The Morgan fingerprint density at radius 1 is 1.29 bits per heavy atom. The number of pyridine rings is 1. The van der Waals surface area contributed by atoms with Crippen LogP contribution in [0.15, 0.2) is 40.9 Å². The van der Waals surface area contributed by atoms with Crippen LogP contribution in [0.2, 0.25) is 4.34 Å². The van der Waals surface area contributed by atoms with Crippen LogP contribution in [0.25, 0.3) is 0 Å². The third-order valence-electron chi connectivity index (χ3n) is 3.20. The number of hydrogen-bond donors (Lipinski definition) is 0. The maximum atomic E-state index is 12.5. The highest BCUT2D eigenvalue weighted by Gasteiger charge is 2.34. The monoisotopic (exact) mass is 344 g/mol. The largest absolute Gasteiger partial charge is 0.489 e. The number of hydrogen-bond acceptors (Lipinski definition) is 5. The molecule has 0 saturated carbocycles. The predicted molar refractivity (Wildman–Crippen MR) is 81.4 cm³/mol. The van der Waals surface area contributed by atoms with Crippen molar-refractivity contribution in [3.8, 4) is 5.75 Å². The molecule has 0 aromatic carbocycles. The molecular formula is C13H13ClN2O3S2. The molecule has 1 fully saturated rings. The van der Waals surface area contributed by atoms with Gasteiger partial charge in [0.15, 0.2) is 0 Å². The molecule has 8 heteroatoms. The molecule has 1 unspecified atom stereocenters. The summed E-state index contributed by atoms with van der Waals surface area (Å²) in [5.74, 6) is 0.702. The Labute approximate surface area is 132 Å². The van der Waals surface area contributed by atoms with Gasteiger partial charge in [-0.1, -0.05) is 11.6 Å². The van der Waals surface area contributed by atoms with Crippen LogP contribution in [0.5, 0.6) is 5.75 Å². The molecule has 1 atom stereocenters. The number of rotatable bonds is 4. The number of aromatic nitrogens is 1. The summed E-state index contributed by atoms with van der Waals surface area (Å²) < 4.78 is 32.9. The lowest BCUT2D eigenvalue weighted by Gasteiger charge is -2.16. The molecule has 2 aromatic rings. The van der Waals surface area contributed by atoms with Gasteiger partial charge < -0.3 is 4.74 Å². The van der Waals surface area contributed by atoms with Crippen molar-refractivity contribution < 1.29 is 13.2 Å². The third-order valence-corrected chi connectivity index (χ3v) is 6.77. The fraction of sp³-hybridized carbons (Fsp3) is 0.308. The van der Waals surface area contributed by atoms with Crippen LogP contribution in [-0.4, -0.2) is 36.9 Å². The molecular weight excluding hydrogens is 332 g/mol. The van der Waals surface area contributed by atoms with Gasteiger partial charge in [0.25, 0.3) is 10.0 Å². The zero-order chi connectivity index (χ0) is 14.9. The van der Waals surface area contributed by atoms with Crippen molar-refractivity contribution in [3.05, 3.63) is 41.0 Å². The van der Waals surface area contributed by atoms with Gasteiger partial charge in [0, 0.05) is 18.9 Å². The van der Waals surface area contributed by atoms with Crippen molar-refractivity contribution in [1.82, 2.24) is 9.29 Å². The zero-order valence-electron chi connectivity index (χ0n) is 11.0. The van der Waals surface area contributed by atoms with Crippen LogP contribution in [0.1, 0.15) is 6.42 Å². The fourth-order valence-corrected chi connectivity index (χ4v) is 5.31. The van der Waals surface area contributed by atoms with E-state index in [0.29, 0.717) is 29.6 Å². The third kappa shape index (κ3) is 3.21. The summed E-state index contributed by atoms with van der Waals surface area (Å²) in [4.78, 5) is 3.92. The van der Waals surface area contributed by atoms with Gasteiger partial charge in [-0.25, -0.2) is 8.42 Å². The molecule has 3 heterocycles. The molecule has 0 amide bonds. The minimum atomic E-state index is -3.47. The van der Waals surface area contributed by atoms with Crippen LogP contribution < -0.4 is 4.74 Å². The average Bonchev–Trinajstić information content (AvgIpc) is 3.10. The first kappa shape index (κ1) is 14.8. The van der Waals surface area contributed by atoms with E-state index >= 15 is 0 Å². The Kier molecular flexibility index (Phi) is 4.17. The molecule has 21 heavy (non-hydrogen) atoms. The Bertz CT molecular complexity index is 718. The van der Waals surface area contributed by atoms with Crippen molar-refractivity contribution in [2.75, 3.05) is 13.1 Å². The van der Waals surface area contributed by atoms with Crippen molar-refractivity contribution >= 4 is 33.0 Å². The second kappa shape index (κ2) is 5.92. The minimum absolute atomic E-state index is 0.141. The van der Waals surface area contributed by atoms with E-state index in [1.165, 1.54) is 4.31 Å². The van der Waals surface area contributed by atoms with Crippen LogP contribution in [0.4, 0.5) is 0 Å². The lowest BCUT2D eigenvalue weighted by atomic mass is 10.3. The SMILES string of the molecule is O=S(=O)(c1ccc(Cl)s1)N1CCC(Oc2ccncc2)C1.